The van der Waals surface area contributed by atoms with Crippen LogP contribution in [0.4, 0.5) is 0 Å². The van der Waals surface area contributed by atoms with Crippen LogP contribution in [-0.2, 0) is 4.79 Å². The molecular formula is C27H18O7. The summed E-state index contributed by atoms with van der Waals surface area (Å²) in [5.41, 5.74) is 2.77. The molecule has 1 atom stereocenters. The number of aromatic hydroxyl groups is 2. The van der Waals surface area contributed by atoms with Gasteiger partial charge in [0.15, 0.2) is 0 Å². The van der Waals surface area contributed by atoms with Gasteiger partial charge in [-0.1, -0.05) is 30.3 Å². The molecule has 7 heteroatoms. The van der Waals surface area contributed by atoms with E-state index in [-0.39, 0.29) is 46.8 Å². The van der Waals surface area contributed by atoms with Crippen LogP contribution >= 0.6 is 0 Å². The second-order valence-electron chi connectivity index (χ2n) is 8.31. The highest BCUT2D eigenvalue weighted by Crippen LogP contribution is 2.47. The molecule has 0 spiro atoms. The zero-order chi connectivity index (χ0) is 23.4. The lowest BCUT2D eigenvalue weighted by atomic mass is 9.83. The zero-order valence-electron chi connectivity index (χ0n) is 17.8. The van der Waals surface area contributed by atoms with E-state index in [4.69, 9.17) is 13.9 Å². The molecule has 6 rings (SSSR count). The summed E-state index contributed by atoms with van der Waals surface area (Å²) in [6.45, 7) is 0.270. The van der Waals surface area contributed by atoms with Gasteiger partial charge >= 0.3 is 5.97 Å². The number of carbonyl (C=O) groups excluding carboxylic acids is 1. The van der Waals surface area contributed by atoms with Crippen molar-refractivity contribution in [2.24, 2.45) is 0 Å². The van der Waals surface area contributed by atoms with Gasteiger partial charge in [0, 0.05) is 23.1 Å². The standard InChI is InChI=1S/C27H18O7/c28-17-7-5-14(6-8-17)19-13-33-27-24-18(16-9-15-3-1-2-4-21(15)32-12-16)10-23(30)34-22(24)11-20(29)25(27)26(19)31/h1-9,11,13,18,28-29H,10,12H2. The topological polar surface area (TPSA) is 106 Å². The van der Waals surface area contributed by atoms with Gasteiger partial charge in [-0.05, 0) is 35.4 Å². The molecule has 0 radical (unpaired) electrons. The maximum absolute atomic E-state index is 13.4. The second kappa shape index (κ2) is 7.52. The molecule has 1 aromatic heterocycles. The van der Waals surface area contributed by atoms with Gasteiger partial charge in [0.1, 0.15) is 46.8 Å². The smallest absolute Gasteiger partial charge is 0.312 e. The molecule has 0 aliphatic carbocycles. The molecular weight excluding hydrogens is 436 g/mol. The van der Waals surface area contributed by atoms with Crippen molar-refractivity contribution >= 4 is 23.0 Å². The van der Waals surface area contributed by atoms with E-state index >= 15 is 0 Å². The van der Waals surface area contributed by atoms with Crippen LogP contribution < -0.4 is 14.9 Å². The lowest BCUT2D eigenvalue weighted by Gasteiger charge is -2.29. The highest BCUT2D eigenvalue weighted by molar-refractivity contribution is 5.94. The molecule has 3 heterocycles. The Labute approximate surface area is 193 Å². The number of carbonyl (C=O) groups is 1. The third-order valence-electron chi connectivity index (χ3n) is 6.25. The number of hydrogen-bond donors (Lipinski definition) is 2. The van der Waals surface area contributed by atoms with Gasteiger partial charge < -0.3 is 24.1 Å². The number of fused-ring (bicyclic) bond motifs is 4. The Balaban J connectivity index is 1.56. The van der Waals surface area contributed by atoms with Crippen molar-refractivity contribution in [1.29, 1.82) is 0 Å². The maximum atomic E-state index is 13.4. The van der Waals surface area contributed by atoms with Gasteiger partial charge in [-0.3, -0.25) is 9.59 Å². The molecule has 3 aromatic carbocycles. The van der Waals surface area contributed by atoms with E-state index in [1.54, 1.807) is 12.1 Å². The van der Waals surface area contributed by atoms with Crippen LogP contribution in [0.3, 0.4) is 0 Å². The normalized spacial score (nSPS) is 16.8. The lowest BCUT2D eigenvalue weighted by Crippen LogP contribution is -2.25. The fourth-order valence-corrected chi connectivity index (χ4v) is 4.62. The van der Waals surface area contributed by atoms with Crippen LogP contribution in [-0.4, -0.2) is 22.8 Å². The Bertz CT molecular complexity index is 1560. The predicted octanol–water partition coefficient (Wildman–Crippen LogP) is 4.74. The van der Waals surface area contributed by atoms with Crippen LogP contribution in [0.1, 0.15) is 23.5 Å². The van der Waals surface area contributed by atoms with Gasteiger partial charge in [0.05, 0.1) is 12.0 Å². The molecule has 168 valence electrons. The average Bonchev–Trinajstić information content (AvgIpc) is 2.84. The molecule has 0 saturated heterocycles. The molecule has 0 bridgehead atoms. The summed E-state index contributed by atoms with van der Waals surface area (Å²) in [5.74, 6) is -0.248. The highest BCUT2D eigenvalue weighted by atomic mass is 16.5. The fraction of sp³-hybridized carbons (Fsp3) is 0.111. The number of rotatable bonds is 2. The molecule has 0 amide bonds. The highest BCUT2D eigenvalue weighted by Gasteiger charge is 2.35. The molecule has 2 aliphatic rings. The first-order valence-electron chi connectivity index (χ1n) is 10.7. The molecule has 1 unspecified atom stereocenters. The maximum Gasteiger partial charge on any atom is 0.312 e. The fourth-order valence-electron chi connectivity index (χ4n) is 4.62. The van der Waals surface area contributed by atoms with Crippen molar-refractivity contribution < 1.29 is 28.9 Å². The van der Waals surface area contributed by atoms with Crippen molar-refractivity contribution in [3.63, 3.8) is 0 Å². The van der Waals surface area contributed by atoms with Crippen LogP contribution in [0, 0.1) is 0 Å². The van der Waals surface area contributed by atoms with Gasteiger partial charge in [-0.25, -0.2) is 0 Å². The first kappa shape index (κ1) is 20.1. The molecule has 2 N–H and O–H groups in total. The number of phenolic OH excluding ortho intramolecular Hbond substituents is 2. The van der Waals surface area contributed by atoms with E-state index in [1.807, 2.05) is 30.3 Å². The first-order valence-corrected chi connectivity index (χ1v) is 10.7. The van der Waals surface area contributed by atoms with E-state index in [1.165, 1.54) is 24.5 Å². The summed E-state index contributed by atoms with van der Waals surface area (Å²) in [6.07, 6.45) is 3.35. The third kappa shape index (κ3) is 3.13. The Morgan fingerprint density at radius 2 is 1.74 bits per heavy atom. The van der Waals surface area contributed by atoms with E-state index in [9.17, 15) is 19.8 Å². The lowest BCUT2D eigenvalue weighted by molar-refractivity contribution is -0.135. The Hall–Kier alpha value is -4.52. The first-order chi connectivity index (χ1) is 16.5. The number of esters is 1. The van der Waals surface area contributed by atoms with Crippen molar-refractivity contribution in [2.75, 3.05) is 6.61 Å². The minimum atomic E-state index is -0.449. The number of para-hydroxylation sites is 1. The number of phenols is 2. The quantitative estimate of drug-likeness (QED) is 0.333. The van der Waals surface area contributed by atoms with E-state index in [0.29, 0.717) is 11.1 Å². The van der Waals surface area contributed by atoms with Crippen LogP contribution in [0.5, 0.6) is 23.0 Å². The van der Waals surface area contributed by atoms with Crippen LogP contribution in [0.25, 0.3) is 28.2 Å². The number of ether oxygens (including phenoxy) is 2. The Morgan fingerprint density at radius 1 is 0.941 bits per heavy atom. The number of hydrogen-bond acceptors (Lipinski definition) is 7. The van der Waals surface area contributed by atoms with Crippen LogP contribution in [0.2, 0.25) is 0 Å². The SMILES string of the molecule is O=C1CC(C2=Cc3ccccc3OC2)c2c(cc(O)c3c(=O)c(-c4ccc(O)cc4)coc23)O1. The molecule has 7 nitrogen and oxygen atoms in total. The van der Waals surface area contributed by atoms with E-state index in [2.05, 4.69) is 0 Å². The average molecular weight is 454 g/mol. The summed E-state index contributed by atoms with van der Waals surface area (Å²) >= 11 is 0. The van der Waals surface area contributed by atoms with Gasteiger partial charge in [-0.2, -0.15) is 0 Å². The Morgan fingerprint density at radius 3 is 2.56 bits per heavy atom. The largest absolute Gasteiger partial charge is 0.508 e. The zero-order valence-corrected chi connectivity index (χ0v) is 17.8. The minimum Gasteiger partial charge on any atom is -0.508 e. The van der Waals surface area contributed by atoms with E-state index in [0.717, 1.165) is 16.9 Å². The van der Waals surface area contributed by atoms with Crippen molar-refractivity contribution in [3.05, 3.63) is 87.8 Å². The van der Waals surface area contributed by atoms with Crippen LogP contribution in [0.15, 0.2) is 75.6 Å². The second-order valence-corrected chi connectivity index (χ2v) is 8.31. The molecule has 2 aliphatic heterocycles. The van der Waals surface area contributed by atoms with Crippen molar-refractivity contribution in [2.45, 2.75) is 12.3 Å². The Kier molecular flexibility index (Phi) is 4.45. The summed E-state index contributed by atoms with van der Waals surface area (Å²) < 4.78 is 17.3. The van der Waals surface area contributed by atoms with E-state index < -0.39 is 17.3 Å². The predicted molar refractivity (Wildman–Crippen MR) is 124 cm³/mol. The molecule has 4 aromatic rings. The molecule has 0 fully saturated rings. The third-order valence-corrected chi connectivity index (χ3v) is 6.25. The van der Waals surface area contributed by atoms with Gasteiger partial charge in [0.25, 0.3) is 0 Å². The van der Waals surface area contributed by atoms with Gasteiger partial charge in [-0.15, -0.1) is 0 Å². The summed E-state index contributed by atoms with van der Waals surface area (Å²) in [5, 5.41) is 20.3. The van der Waals surface area contributed by atoms with Gasteiger partial charge in [0.2, 0.25) is 5.43 Å². The monoisotopic (exact) mass is 454 g/mol. The summed E-state index contributed by atoms with van der Waals surface area (Å²) in [7, 11) is 0. The molecule has 0 saturated carbocycles. The number of benzene rings is 3. The summed E-state index contributed by atoms with van der Waals surface area (Å²) in [4.78, 5) is 25.8. The molecule has 34 heavy (non-hydrogen) atoms. The van der Waals surface area contributed by atoms with Crippen molar-refractivity contribution in [1.82, 2.24) is 0 Å². The minimum absolute atomic E-state index is 0.00463. The summed E-state index contributed by atoms with van der Waals surface area (Å²) in [6, 6.07) is 15.0. The van der Waals surface area contributed by atoms with Crippen molar-refractivity contribution in [3.8, 4) is 34.1 Å².